The number of rotatable bonds is 3. The van der Waals surface area contributed by atoms with Gasteiger partial charge in [0.2, 0.25) is 0 Å². The number of aliphatic hydroxyl groups is 1. The molecule has 0 aliphatic heterocycles. The Kier molecular flexibility index (Phi) is 3.82. The second kappa shape index (κ2) is 5.51. The van der Waals surface area contributed by atoms with E-state index in [2.05, 4.69) is 15.1 Å². The average Bonchev–Trinajstić information content (AvgIpc) is 3.10. The molecule has 0 saturated heterocycles. The molecule has 0 amide bonds. The van der Waals surface area contributed by atoms with Crippen molar-refractivity contribution in [1.82, 2.24) is 15.1 Å². The van der Waals surface area contributed by atoms with Crippen molar-refractivity contribution in [2.75, 3.05) is 0 Å². The maximum Gasteiger partial charge on any atom is 0.456 e. The Morgan fingerprint density at radius 2 is 1.84 bits per heavy atom. The highest BCUT2D eigenvalue weighted by Crippen LogP contribution is 2.46. The number of hydrogen-bond acceptors (Lipinski definition) is 4. The lowest BCUT2D eigenvalue weighted by molar-refractivity contribution is -0.314. The van der Waals surface area contributed by atoms with Crippen LogP contribution in [0.25, 0.3) is 22.2 Å². The third-order valence-electron chi connectivity index (χ3n) is 3.89. The number of benzene rings is 1. The minimum atomic E-state index is -5.91. The topological polar surface area (TPSA) is 74.9 Å². The lowest BCUT2D eigenvalue weighted by atomic mass is 9.95. The number of alkyl halides is 5. The highest BCUT2D eigenvalue weighted by molar-refractivity contribution is 5.86. The first-order valence-corrected chi connectivity index (χ1v) is 7.07. The SMILES string of the molecule is Cc1noc(C)c1-c1cc(C(O)C(F)(F)C(F)(F)F)c2nc[nH]c2c1. The van der Waals surface area contributed by atoms with Gasteiger partial charge in [-0.1, -0.05) is 5.16 Å². The first-order chi connectivity index (χ1) is 11.5. The summed E-state index contributed by atoms with van der Waals surface area (Å²) in [5.41, 5.74) is 0.534. The van der Waals surface area contributed by atoms with Crippen LogP contribution in [0.2, 0.25) is 0 Å². The smallest absolute Gasteiger partial charge is 0.382 e. The van der Waals surface area contributed by atoms with Crippen molar-refractivity contribution in [1.29, 1.82) is 0 Å². The van der Waals surface area contributed by atoms with Crippen LogP contribution in [-0.2, 0) is 0 Å². The Bertz CT molecular complexity index is 910. The molecular formula is C15H12F5N3O2. The van der Waals surface area contributed by atoms with Gasteiger partial charge in [-0.2, -0.15) is 22.0 Å². The van der Waals surface area contributed by atoms with Crippen molar-refractivity contribution in [2.24, 2.45) is 0 Å². The number of nitrogens with zero attached hydrogens (tertiary/aromatic N) is 2. The molecule has 2 heterocycles. The van der Waals surface area contributed by atoms with Crippen molar-refractivity contribution >= 4 is 11.0 Å². The highest BCUT2D eigenvalue weighted by atomic mass is 19.4. The maximum atomic E-state index is 13.6. The van der Waals surface area contributed by atoms with Gasteiger partial charge in [0.05, 0.1) is 23.1 Å². The Hall–Kier alpha value is -2.49. The second-order valence-corrected chi connectivity index (χ2v) is 5.59. The van der Waals surface area contributed by atoms with E-state index in [1.54, 1.807) is 13.8 Å². The Balaban J connectivity index is 2.24. The molecule has 2 aromatic heterocycles. The molecule has 3 rings (SSSR count). The van der Waals surface area contributed by atoms with Crippen molar-refractivity contribution in [3.63, 3.8) is 0 Å². The van der Waals surface area contributed by atoms with Crippen molar-refractivity contribution < 1.29 is 31.6 Å². The van der Waals surface area contributed by atoms with E-state index >= 15 is 0 Å². The van der Waals surface area contributed by atoms with Gasteiger partial charge in [0, 0.05) is 11.1 Å². The van der Waals surface area contributed by atoms with Crippen LogP contribution in [0, 0.1) is 13.8 Å². The molecule has 1 unspecified atom stereocenters. The number of aromatic nitrogens is 3. The van der Waals surface area contributed by atoms with Gasteiger partial charge in [-0.05, 0) is 31.5 Å². The molecule has 1 atom stereocenters. The summed E-state index contributed by atoms with van der Waals surface area (Å²) < 4.78 is 70.2. The monoisotopic (exact) mass is 361 g/mol. The van der Waals surface area contributed by atoms with Crippen LogP contribution < -0.4 is 0 Å². The zero-order chi connectivity index (χ0) is 18.6. The van der Waals surface area contributed by atoms with Crippen LogP contribution in [0.15, 0.2) is 23.0 Å². The third kappa shape index (κ3) is 2.66. The van der Waals surface area contributed by atoms with E-state index < -0.39 is 23.8 Å². The van der Waals surface area contributed by atoms with E-state index in [0.717, 1.165) is 12.4 Å². The third-order valence-corrected chi connectivity index (χ3v) is 3.89. The Morgan fingerprint density at radius 3 is 2.40 bits per heavy atom. The average molecular weight is 361 g/mol. The molecule has 0 bridgehead atoms. The van der Waals surface area contributed by atoms with Crippen molar-refractivity contribution in [3.05, 3.63) is 35.5 Å². The van der Waals surface area contributed by atoms with E-state index in [-0.39, 0.29) is 16.6 Å². The minimum absolute atomic E-state index is 0.174. The summed E-state index contributed by atoms with van der Waals surface area (Å²) in [5, 5.41) is 13.5. The predicted octanol–water partition coefficient (Wildman–Crippen LogP) is 4.07. The molecule has 0 fully saturated rings. The van der Waals surface area contributed by atoms with Gasteiger partial charge in [-0.3, -0.25) is 0 Å². The molecule has 134 valence electrons. The van der Waals surface area contributed by atoms with Crippen molar-refractivity contribution in [3.8, 4) is 11.1 Å². The molecule has 2 N–H and O–H groups in total. The number of imidazole rings is 1. The molecule has 5 nitrogen and oxygen atoms in total. The summed E-state index contributed by atoms with van der Waals surface area (Å²) in [4.78, 5) is 6.39. The Labute approximate surface area is 137 Å². The van der Waals surface area contributed by atoms with Crippen LogP contribution in [-0.4, -0.2) is 32.3 Å². The number of fused-ring (bicyclic) bond motifs is 1. The summed E-state index contributed by atoms with van der Waals surface area (Å²) in [6.45, 7) is 3.18. The van der Waals surface area contributed by atoms with E-state index in [1.165, 1.54) is 6.07 Å². The molecule has 0 radical (unpaired) electrons. The van der Waals surface area contributed by atoms with E-state index in [4.69, 9.17) is 4.52 Å². The minimum Gasteiger partial charge on any atom is -0.382 e. The normalized spacial score (nSPS) is 14.2. The molecule has 10 heteroatoms. The summed E-state index contributed by atoms with van der Waals surface area (Å²) >= 11 is 0. The fraction of sp³-hybridized carbons (Fsp3) is 0.333. The zero-order valence-corrected chi connectivity index (χ0v) is 12.9. The van der Waals surface area contributed by atoms with Gasteiger partial charge < -0.3 is 14.6 Å². The highest BCUT2D eigenvalue weighted by Gasteiger charge is 2.63. The van der Waals surface area contributed by atoms with E-state index in [0.29, 0.717) is 17.0 Å². The van der Waals surface area contributed by atoms with Crippen molar-refractivity contribution in [2.45, 2.75) is 32.1 Å². The maximum absolute atomic E-state index is 13.6. The largest absolute Gasteiger partial charge is 0.456 e. The number of halogens is 5. The van der Waals surface area contributed by atoms with Gasteiger partial charge in [0.1, 0.15) is 5.76 Å². The first-order valence-electron chi connectivity index (χ1n) is 7.07. The van der Waals surface area contributed by atoms with Crippen LogP contribution in [0.1, 0.15) is 23.1 Å². The summed E-state index contributed by atoms with van der Waals surface area (Å²) in [5.74, 6) is -4.98. The zero-order valence-electron chi connectivity index (χ0n) is 12.9. The summed E-state index contributed by atoms with van der Waals surface area (Å²) in [6.07, 6.45) is -7.88. The molecule has 0 aliphatic carbocycles. The van der Waals surface area contributed by atoms with E-state index in [9.17, 15) is 27.1 Å². The van der Waals surface area contributed by atoms with Gasteiger partial charge in [-0.15, -0.1) is 0 Å². The number of aromatic amines is 1. The van der Waals surface area contributed by atoms with Gasteiger partial charge in [-0.25, -0.2) is 4.98 Å². The number of hydrogen-bond donors (Lipinski definition) is 2. The van der Waals surface area contributed by atoms with Crippen LogP contribution in [0.5, 0.6) is 0 Å². The molecule has 1 aromatic carbocycles. The molecule has 0 spiro atoms. The Morgan fingerprint density at radius 1 is 1.16 bits per heavy atom. The predicted molar refractivity (Wildman–Crippen MR) is 77.0 cm³/mol. The van der Waals surface area contributed by atoms with Gasteiger partial charge in [0.25, 0.3) is 0 Å². The number of nitrogens with one attached hydrogen (secondary N) is 1. The molecule has 25 heavy (non-hydrogen) atoms. The summed E-state index contributed by atoms with van der Waals surface area (Å²) in [7, 11) is 0. The van der Waals surface area contributed by atoms with Gasteiger partial charge >= 0.3 is 12.1 Å². The summed E-state index contributed by atoms with van der Waals surface area (Å²) in [6, 6.07) is 2.55. The van der Waals surface area contributed by atoms with Crippen LogP contribution in [0.4, 0.5) is 22.0 Å². The number of aryl methyl sites for hydroxylation is 2. The molecule has 0 aliphatic rings. The first kappa shape index (κ1) is 17.3. The second-order valence-electron chi connectivity index (χ2n) is 5.59. The number of aliphatic hydroxyl groups excluding tert-OH is 1. The lowest BCUT2D eigenvalue weighted by Gasteiger charge is -2.25. The standard InChI is InChI=1S/C15H12F5N3O2/c1-6-11(7(2)25-23-6)8-3-9(12-10(4-8)21-5-22-12)13(24)14(16,17)15(18,19)20/h3-5,13,24H,1-2H3,(H,21,22). The fourth-order valence-electron chi connectivity index (χ4n) is 2.68. The molecule has 0 saturated carbocycles. The lowest BCUT2D eigenvalue weighted by Crippen LogP contribution is -2.42. The van der Waals surface area contributed by atoms with Gasteiger partial charge in [0.15, 0.2) is 6.10 Å². The van der Waals surface area contributed by atoms with Crippen LogP contribution in [0.3, 0.4) is 0 Å². The van der Waals surface area contributed by atoms with Crippen LogP contribution >= 0.6 is 0 Å². The quantitative estimate of drug-likeness (QED) is 0.690. The fourth-order valence-corrected chi connectivity index (χ4v) is 2.68. The molecular weight excluding hydrogens is 349 g/mol. The molecule has 3 aromatic rings. The number of H-pyrrole nitrogens is 1. The van der Waals surface area contributed by atoms with E-state index in [1.807, 2.05) is 0 Å².